The maximum absolute atomic E-state index is 12.8. The number of carbonyl (C=O) groups is 3. The molecule has 33 heavy (non-hydrogen) atoms. The molecule has 0 unspecified atom stereocenters. The van der Waals surface area contributed by atoms with Gasteiger partial charge in [0.2, 0.25) is 0 Å². The van der Waals surface area contributed by atoms with Gasteiger partial charge in [-0.05, 0) is 51.7 Å². The first kappa shape index (κ1) is 21.8. The number of nitrogens with one attached hydrogen (secondary N) is 3. The van der Waals surface area contributed by atoms with E-state index in [2.05, 4.69) is 31.7 Å². The predicted octanol–water partition coefficient (Wildman–Crippen LogP) is 1.53. The Kier molecular flexibility index (Phi) is 6.81. The highest BCUT2D eigenvalue weighted by molar-refractivity contribution is 7.12. The highest BCUT2D eigenvalue weighted by Crippen LogP contribution is 2.10. The molecule has 166 valence electrons. The summed E-state index contributed by atoms with van der Waals surface area (Å²) in [4.78, 5) is 38.3. The number of hydrogen-bond donors (Lipinski definition) is 3. The van der Waals surface area contributed by atoms with Crippen LogP contribution in [0.3, 0.4) is 0 Å². The first-order valence-electron chi connectivity index (χ1n) is 9.92. The van der Waals surface area contributed by atoms with Crippen LogP contribution in [0.4, 0.5) is 0 Å². The van der Waals surface area contributed by atoms with Crippen LogP contribution in [0.2, 0.25) is 0 Å². The van der Waals surface area contributed by atoms with Crippen LogP contribution in [-0.2, 0) is 11.2 Å². The van der Waals surface area contributed by atoms with Gasteiger partial charge in [0.25, 0.3) is 17.7 Å². The Labute approximate surface area is 192 Å². The number of carbonyl (C=O) groups excluding carboxylic acids is 3. The summed E-state index contributed by atoms with van der Waals surface area (Å²) in [6.45, 7) is 0. The highest BCUT2D eigenvalue weighted by Gasteiger charge is 2.23. The molecule has 4 rings (SSSR count). The number of hydrazine groups is 1. The second kappa shape index (κ2) is 10.3. The largest absolute Gasteiger partial charge is 0.339 e. The Morgan fingerprint density at radius 2 is 1.70 bits per heavy atom. The monoisotopic (exact) mass is 461 g/mol. The fourth-order valence-electron chi connectivity index (χ4n) is 3.02. The second-order valence-electron chi connectivity index (χ2n) is 6.94. The number of amides is 3. The van der Waals surface area contributed by atoms with Gasteiger partial charge in [-0.25, -0.2) is 4.68 Å². The molecule has 0 saturated heterocycles. The number of thiophene rings is 1. The van der Waals surface area contributed by atoms with E-state index in [-0.39, 0.29) is 12.3 Å². The molecule has 0 aliphatic rings. The van der Waals surface area contributed by atoms with E-state index in [4.69, 9.17) is 0 Å². The molecule has 11 heteroatoms. The number of hydrogen-bond acceptors (Lipinski definition) is 7. The van der Waals surface area contributed by atoms with E-state index in [0.29, 0.717) is 16.1 Å². The van der Waals surface area contributed by atoms with Crippen molar-refractivity contribution in [1.82, 2.24) is 36.4 Å². The molecule has 2 heterocycles. The third kappa shape index (κ3) is 5.66. The zero-order valence-electron chi connectivity index (χ0n) is 17.2. The smallest absolute Gasteiger partial charge is 0.269 e. The lowest BCUT2D eigenvalue weighted by molar-refractivity contribution is -0.123. The quantitative estimate of drug-likeness (QED) is 0.358. The van der Waals surface area contributed by atoms with Crippen LogP contribution < -0.4 is 16.2 Å². The van der Waals surface area contributed by atoms with Gasteiger partial charge >= 0.3 is 0 Å². The molecule has 10 nitrogen and oxygen atoms in total. The Hall–Kier alpha value is -4.38. The van der Waals surface area contributed by atoms with Crippen LogP contribution >= 0.6 is 11.3 Å². The Balaban J connectivity index is 1.40. The fourth-order valence-corrected chi connectivity index (χ4v) is 3.65. The van der Waals surface area contributed by atoms with Crippen molar-refractivity contribution in [1.29, 1.82) is 0 Å². The first-order chi connectivity index (χ1) is 16.1. The maximum Gasteiger partial charge on any atom is 0.269 e. The summed E-state index contributed by atoms with van der Waals surface area (Å²) >= 11 is 1.28. The van der Waals surface area contributed by atoms with E-state index in [1.165, 1.54) is 22.3 Å². The second-order valence-corrected chi connectivity index (χ2v) is 7.89. The topological polar surface area (TPSA) is 131 Å². The van der Waals surface area contributed by atoms with E-state index in [0.717, 1.165) is 5.56 Å². The minimum Gasteiger partial charge on any atom is -0.339 e. The molecule has 0 radical (unpaired) electrons. The zero-order chi connectivity index (χ0) is 23.0. The lowest BCUT2D eigenvalue weighted by atomic mass is 10.1. The maximum atomic E-state index is 12.8. The minimum atomic E-state index is -0.885. The predicted molar refractivity (Wildman–Crippen MR) is 120 cm³/mol. The molecule has 1 atom stereocenters. The summed E-state index contributed by atoms with van der Waals surface area (Å²) in [5, 5.41) is 15.4. The highest BCUT2D eigenvalue weighted by atomic mass is 32.1. The Bertz CT molecular complexity index is 1210. The summed E-state index contributed by atoms with van der Waals surface area (Å²) in [7, 11) is 0. The molecule has 3 amide bonds. The van der Waals surface area contributed by atoms with Crippen LogP contribution in [0.5, 0.6) is 0 Å². The van der Waals surface area contributed by atoms with Gasteiger partial charge in [0, 0.05) is 12.0 Å². The molecule has 0 aliphatic heterocycles. The Morgan fingerprint density at radius 1 is 0.909 bits per heavy atom. The summed E-state index contributed by atoms with van der Waals surface area (Å²) in [6, 6.07) is 18.4. The number of tetrazole rings is 1. The van der Waals surface area contributed by atoms with Gasteiger partial charge < -0.3 is 5.32 Å². The third-order valence-electron chi connectivity index (χ3n) is 4.69. The molecule has 0 spiro atoms. The van der Waals surface area contributed by atoms with Crippen molar-refractivity contribution in [3.8, 4) is 5.69 Å². The van der Waals surface area contributed by atoms with Gasteiger partial charge in [0.15, 0.2) is 0 Å². The SMILES string of the molecule is O=C(NNC(=O)[C@H](Cc1ccccc1)NC(=O)c1cccs1)c1ccc(-n2cnnn2)cc1. The average Bonchev–Trinajstić information content (AvgIpc) is 3.57. The standard InChI is InChI=1S/C22H19N7O3S/c30-20(16-8-10-17(11-9-16)29-14-23-27-28-29)25-26-21(31)18(13-15-5-2-1-3-6-15)24-22(32)19-7-4-12-33-19/h1-12,14,18H,13H2,(H,24,32)(H,25,30)(H,26,31)/t18-/m0/s1. The summed E-state index contributed by atoms with van der Waals surface area (Å²) < 4.78 is 1.45. The minimum absolute atomic E-state index is 0.264. The van der Waals surface area contributed by atoms with Gasteiger partial charge in [-0.15, -0.1) is 16.4 Å². The molecule has 2 aromatic carbocycles. The van der Waals surface area contributed by atoms with Crippen LogP contribution in [0.15, 0.2) is 78.4 Å². The van der Waals surface area contributed by atoms with Crippen LogP contribution in [-0.4, -0.2) is 44.0 Å². The van der Waals surface area contributed by atoms with Gasteiger partial charge in [-0.2, -0.15) is 0 Å². The van der Waals surface area contributed by atoms with E-state index in [1.807, 2.05) is 30.3 Å². The zero-order valence-corrected chi connectivity index (χ0v) is 18.0. The fraction of sp³-hybridized carbons (Fsp3) is 0.0909. The number of rotatable bonds is 7. The molecule has 0 fully saturated rings. The van der Waals surface area contributed by atoms with E-state index in [1.54, 1.807) is 41.8 Å². The van der Waals surface area contributed by atoms with Crippen LogP contribution in [0.1, 0.15) is 25.6 Å². The van der Waals surface area contributed by atoms with Crippen molar-refractivity contribution in [2.24, 2.45) is 0 Å². The van der Waals surface area contributed by atoms with Crippen molar-refractivity contribution >= 4 is 29.1 Å². The molecule has 0 bridgehead atoms. The summed E-state index contributed by atoms with van der Waals surface area (Å²) in [6.07, 6.45) is 1.70. The van der Waals surface area contributed by atoms with Gasteiger partial charge in [0.05, 0.1) is 10.6 Å². The third-order valence-corrected chi connectivity index (χ3v) is 5.56. The van der Waals surface area contributed by atoms with Crippen molar-refractivity contribution in [2.45, 2.75) is 12.5 Å². The molecule has 3 N–H and O–H groups in total. The molecule has 2 aromatic heterocycles. The van der Waals surface area contributed by atoms with Crippen LogP contribution in [0, 0.1) is 0 Å². The summed E-state index contributed by atoms with van der Waals surface area (Å²) in [5.41, 5.74) is 6.68. The van der Waals surface area contributed by atoms with Gasteiger partial charge in [-0.1, -0.05) is 36.4 Å². The van der Waals surface area contributed by atoms with Crippen molar-refractivity contribution in [2.75, 3.05) is 0 Å². The van der Waals surface area contributed by atoms with E-state index in [9.17, 15) is 14.4 Å². The molecule has 0 saturated carbocycles. The lowest BCUT2D eigenvalue weighted by Gasteiger charge is -2.18. The molecular weight excluding hydrogens is 442 g/mol. The van der Waals surface area contributed by atoms with E-state index < -0.39 is 17.9 Å². The number of nitrogens with zero attached hydrogens (tertiary/aromatic N) is 4. The lowest BCUT2D eigenvalue weighted by Crippen LogP contribution is -2.53. The summed E-state index contributed by atoms with van der Waals surface area (Å²) in [5.74, 6) is -1.40. The van der Waals surface area contributed by atoms with Gasteiger partial charge in [-0.3, -0.25) is 25.2 Å². The Morgan fingerprint density at radius 3 is 2.36 bits per heavy atom. The first-order valence-corrected chi connectivity index (χ1v) is 10.8. The van der Waals surface area contributed by atoms with Gasteiger partial charge in [0.1, 0.15) is 12.4 Å². The molecule has 4 aromatic rings. The average molecular weight is 462 g/mol. The normalized spacial score (nSPS) is 11.4. The van der Waals surface area contributed by atoms with Crippen molar-refractivity contribution < 1.29 is 14.4 Å². The number of aromatic nitrogens is 4. The van der Waals surface area contributed by atoms with Crippen LogP contribution in [0.25, 0.3) is 5.69 Å². The van der Waals surface area contributed by atoms with Crippen molar-refractivity contribution in [3.63, 3.8) is 0 Å². The van der Waals surface area contributed by atoms with E-state index >= 15 is 0 Å². The molecular formula is C22H19N7O3S. The molecule has 0 aliphatic carbocycles. The number of benzene rings is 2. The van der Waals surface area contributed by atoms with Crippen molar-refractivity contribution in [3.05, 3.63) is 94.4 Å².